The first-order valence-electron chi connectivity index (χ1n) is 21.8. The molecule has 6 rings (SSSR count). The lowest BCUT2D eigenvalue weighted by Gasteiger charge is -2.34. The zero-order chi connectivity index (χ0) is 45.0. The van der Waals surface area contributed by atoms with E-state index in [2.05, 4.69) is 0 Å². The number of Topliss-reactive ketones (excluding diaryl/α,β-unsaturated/α-hetero) is 2. The predicted octanol–water partition coefficient (Wildman–Crippen LogP) is 8.43. The van der Waals surface area contributed by atoms with E-state index in [0.29, 0.717) is 46.0 Å². The molecule has 2 N–H and O–H groups in total. The van der Waals surface area contributed by atoms with E-state index >= 15 is 0 Å². The summed E-state index contributed by atoms with van der Waals surface area (Å²) in [6, 6.07) is 25.8. The van der Waals surface area contributed by atoms with Gasteiger partial charge in [-0.15, -0.1) is 0 Å². The predicted molar refractivity (Wildman–Crippen MR) is 235 cm³/mol. The highest BCUT2D eigenvalue weighted by molar-refractivity contribution is 6.04. The van der Waals surface area contributed by atoms with Gasteiger partial charge in [0.05, 0.1) is 28.4 Å². The summed E-state index contributed by atoms with van der Waals surface area (Å²) in [6.45, 7) is -1.04. The molecule has 2 aliphatic carbocycles. The van der Waals surface area contributed by atoms with Crippen molar-refractivity contribution in [3.8, 4) is 23.0 Å². The highest BCUT2D eigenvalue weighted by atomic mass is 16.5. The molecule has 12 heteroatoms. The highest BCUT2D eigenvalue weighted by Crippen LogP contribution is 2.40. The average molecular weight is 865 g/mol. The Hall–Kier alpha value is -5.72. The number of hydrogen-bond acceptors (Lipinski definition) is 12. The van der Waals surface area contributed by atoms with E-state index in [4.69, 9.17) is 28.4 Å². The van der Waals surface area contributed by atoms with E-state index in [1.54, 1.807) is 97.1 Å². The molecule has 2 saturated carbocycles. The Morgan fingerprint density at radius 2 is 0.714 bits per heavy atom. The molecular weight excluding hydrogens is 805 g/mol. The fraction of sp³-hybridized carbons (Fsp3) is 0.451. The largest absolute Gasteiger partial charge is 0.497 e. The molecule has 2 atom stereocenters. The third kappa shape index (κ3) is 11.9. The summed E-state index contributed by atoms with van der Waals surface area (Å²) < 4.78 is 32.2. The van der Waals surface area contributed by atoms with Crippen molar-refractivity contribution < 1.29 is 57.8 Å². The Morgan fingerprint density at radius 1 is 0.444 bits per heavy atom. The van der Waals surface area contributed by atoms with E-state index in [1.165, 1.54) is 28.4 Å². The van der Waals surface area contributed by atoms with Gasteiger partial charge < -0.3 is 38.6 Å². The van der Waals surface area contributed by atoms with Gasteiger partial charge in [-0.25, -0.2) is 0 Å². The molecule has 0 radical (unpaired) electrons. The standard InChI is InChI=1S/C51H60O12/c1-58-42-21-13-38(14-22-42)48(54)50(56,40-17-25-44(60-3)26-18-40)32-62-46(52)30-36-9-5-34(6-10-36)29-35-7-11-37(12-8-35)31-47(53)63-33-51(57,41-19-27-45(61-4)28-20-41)49(55)39-15-23-43(59-2)24-16-39/h13-28,34-37,56-57H,5-12,29-33H2,1-4H3. The molecule has 4 aromatic carbocycles. The third-order valence-electron chi connectivity index (χ3n) is 13.0. The Labute approximate surface area is 369 Å². The van der Waals surface area contributed by atoms with Gasteiger partial charge in [-0.2, -0.15) is 0 Å². The molecule has 2 fully saturated rings. The Balaban J connectivity index is 0.940. The van der Waals surface area contributed by atoms with Crippen molar-refractivity contribution in [3.05, 3.63) is 119 Å². The van der Waals surface area contributed by atoms with Crippen LogP contribution in [-0.4, -0.2) is 75.4 Å². The maximum absolute atomic E-state index is 13.7. The molecule has 12 nitrogen and oxygen atoms in total. The number of rotatable bonds is 20. The van der Waals surface area contributed by atoms with E-state index in [0.717, 1.165) is 57.8 Å². The van der Waals surface area contributed by atoms with Gasteiger partial charge >= 0.3 is 11.9 Å². The molecule has 0 spiro atoms. The van der Waals surface area contributed by atoms with Crippen LogP contribution in [0.1, 0.15) is 102 Å². The summed E-state index contributed by atoms with van der Waals surface area (Å²) in [5.74, 6) is 1.63. The summed E-state index contributed by atoms with van der Waals surface area (Å²) in [4.78, 5) is 53.8. The van der Waals surface area contributed by atoms with Crippen LogP contribution in [-0.2, 0) is 30.3 Å². The summed E-state index contributed by atoms with van der Waals surface area (Å²) >= 11 is 0. The summed E-state index contributed by atoms with van der Waals surface area (Å²) in [5, 5.41) is 23.6. The fourth-order valence-electron chi connectivity index (χ4n) is 9.03. The van der Waals surface area contributed by atoms with Crippen molar-refractivity contribution in [2.45, 2.75) is 81.8 Å². The van der Waals surface area contributed by atoms with Crippen LogP contribution in [0.2, 0.25) is 0 Å². The van der Waals surface area contributed by atoms with Crippen LogP contribution in [0.25, 0.3) is 0 Å². The molecule has 336 valence electrons. The summed E-state index contributed by atoms with van der Waals surface area (Å²) in [5.41, 5.74) is -3.11. The number of ether oxygens (including phenoxy) is 6. The topological polar surface area (TPSA) is 164 Å². The van der Waals surface area contributed by atoms with E-state index in [1.807, 2.05) is 0 Å². The van der Waals surface area contributed by atoms with Crippen LogP contribution in [0.15, 0.2) is 97.1 Å². The van der Waals surface area contributed by atoms with Crippen LogP contribution < -0.4 is 18.9 Å². The second-order valence-electron chi connectivity index (χ2n) is 17.0. The molecule has 2 unspecified atom stereocenters. The zero-order valence-corrected chi connectivity index (χ0v) is 36.7. The van der Waals surface area contributed by atoms with E-state index < -0.39 is 47.9 Å². The smallest absolute Gasteiger partial charge is 0.306 e. The maximum atomic E-state index is 13.7. The monoisotopic (exact) mass is 864 g/mol. The molecule has 0 aromatic heterocycles. The quantitative estimate of drug-likeness (QED) is 0.0645. The van der Waals surface area contributed by atoms with Crippen molar-refractivity contribution in [1.82, 2.24) is 0 Å². The van der Waals surface area contributed by atoms with Gasteiger partial charge in [0.25, 0.3) is 0 Å². The minimum Gasteiger partial charge on any atom is -0.497 e. The van der Waals surface area contributed by atoms with Crippen LogP contribution in [0, 0.1) is 23.7 Å². The third-order valence-corrected chi connectivity index (χ3v) is 13.0. The Kier molecular flexibility index (Phi) is 16.0. The van der Waals surface area contributed by atoms with Crippen molar-refractivity contribution in [2.24, 2.45) is 23.7 Å². The van der Waals surface area contributed by atoms with Crippen molar-refractivity contribution >= 4 is 23.5 Å². The molecule has 0 aliphatic heterocycles. The van der Waals surface area contributed by atoms with Gasteiger partial charge in [-0.05, 0) is 140 Å². The molecule has 4 aromatic rings. The van der Waals surface area contributed by atoms with Crippen LogP contribution >= 0.6 is 0 Å². The lowest BCUT2D eigenvalue weighted by atomic mass is 9.72. The van der Waals surface area contributed by atoms with E-state index in [-0.39, 0.29) is 35.8 Å². The minimum atomic E-state index is -2.10. The Morgan fingerprint density at radius 3 is 1.00 bits per heavy atom. The molecule has 0 bridgehead atoms. The number of esters is 2. The molecule has 0 amide bonds. The number of aliphatic hydroxyl groups is 2. The second kappa shape index (κ2) is 21.6. The highest BCUT2D eigenvalue weighted by Gasteiger charge is 2.42. The van der Waals surface area contributed by atoms with Crippen molar-refractivity contribution in [2.75, 3.05) is 41.7 Å². The maximum Gasteiger partial charge on any atom is 0.306 e. The van der Waals surface area contributed by atoms with Gasteiger partial charge in [0.1, 0.15) is 36.2 Å². The van der Waals surface area contributed by atoms with Crippen LogP contribution in [0.5, 0.6) is 23.0 Å². The van der Waals surface area contributed by atoms with Gasteiger partial charge in [0.2, 0.25) is 11.6 Å². The molecular formula is C51H60O12. The number of benzene rings is 4. The summed E-state index contributed by atoms with van der Waals surface area (Å²) in [7, 11) is 6.11. The lowest BCUT2D eigenvalue weighted by molar-refractivity contribution is -0.151. The number of methoxy groups -OCH3 is 4. The first-order chi connectivity index (χ1) is 30.4. The number of carbonyl (C=O) groups excluding carboxylic acids is 4. The second-order valence-corrected chi connectivity index (χ2v) is 17.0. The van der Waals surface area contributed by atoms with E-state index in [9.17, 15) is 29.4 Å². The van der Waals surface area contributed by atoms with Gasteiger partial charge in [0, 0.05) is 24.0 Å². The molecule has 63 heavy (non-hydrogen) atoms. The van der Waals surface area contributed by atoms with Crippen molar-refractivity contribution in [1.29, 1.82) is 0 Å². The number of ketones is 2. The molecule has 0 saturated heterocycles. The van der Waals surface area contributed by atoms with Gasteiger partial charge in [-0.3, -0.25) is 19.2 Å². The normalized spacial score (nSPS) is 20.5. The molecule has 2 aliphatic rings. The van der Waals surface area contributed by atoms with Crippen LogP contribution in [0.4, 0.5) is 0 Å². The van der Waals surface area contributed by atoms with Crippen molar-refractivity contribution in [3.63, 3.8) is 0 Å². The van der Waals surface area contributed by atoms with Gasteiger partial charge in [0.15, 0.2) is 11.2 Å². The lowest BCUT2D eigenvalue weighted by Crippen LogP contribution is -2.41. The average Bonchev–Trinajstić information content (AvgIpc) is 3.33. The summed E-state index contributed by atoms with van der Waals surface area (Å²) in [6.07, 6.45) is 9.22. The zero-order valence-electron chi connectivity index (χ0n) is 36.7. The minimum absolute atomic E-state index is 0.163. The first-order valence-corrected chi connectivity index (χ1v) is 21.8. The Bertz CT molecular complexity index is 1960. The SMILES string of the molecule is COc1ccc(C(=O)C(O)(COC(=O)CC2CCC(CC3CCC(CC(=O)OCC(O)(C(=O)c4ccc(OC)cc4)c4ccc(OC)cc4)CC3)CC2)c2ccc(OC)cc2)cc1. The van der Waals surface area contributed by atoms with Crippen LogP contribution in [0.3, 0.4) is 0 Å². The van der Waals surface area contributed by atoms with Gasteiger partial charge in [-0.1, -0.05) is 49.9 Å². The first kappa shape index (κ1) is 46.8. The number of hydrogen-bond donors (Lipinski definition) is 2. The molecule has 0 heterocycles. The fourth-order valence-corrected chi connectivity index (χ4v) is 9.03. The number of carbonyl (C=O) groups is 4.